The fourth-order valence-corrected chi connectivity index (χ4v) is 1.84. The van der Waals surface area contributed by atoms with E-state index in [2.05, 4.69) is 15.6 Å². The van der Waals surface area contributed by atoms with Crippen LogP contribution in [0.1, 0.15) is 30.1 Å². The number of rotatable bonds is 5. The van der Waals surface area contributed by atoms with Crippen LogP contribution in [0, 0.1) is 0 Å². The van der Waals surface area contributed by atoms with Gasteiger partial charge >= 0.3 is 5.97 Å². The zero-order chi connectivity index (χ0) is 14.7. The van der Waals surface area contributed by atoms with Crippen molar-refractivity contribution < 1.29 is 19.9 Å². The minimum Gasteiger partial charge on any atom is -0.480 e. The van der Waals surface area contributed by atoms with Gasteiger partial charge in [-0.2, -0.15) is 0 Å². The summed E-state index contributed by atoms with van der Waals surface area (Å²) in [6.07, 6.45) is 0.992. The first-order valence-electron chi connectivity index (χ1n) is 6.11. The topological polar surface area (TPSA) is 117 Å². The van der Waals surface area contributed by atoms with Crippen LogP contribution in [-0.4, -0.2) is 43.4 Å². The molecule has 106 valence electrons. The van der Waals surface area contributed by atoms with Crippen molar-refractivity contribution in [1.82, 2.24) is 20.5 Å². The maximum absolute atomic E-state index is 12.0. The van der Waals surface area contributed by atoms with Crippen molar-refractivity contribution in [2.75, 3.05) is 0 Å². The van der Waals surface area contributed by atoms with E-state index >= 15 is 0 Å². The van der Waals surface area contributed by atoms with Gasteiger partial charge in [0.25, 0.3) is 5.91 Å². The fraction of sp³-hybridized carbons (Fsp3) is 0.333. The molecule has 1 aromatic carbocycles. The zero-order valence-corrected chi connectivity index (χ0v) is 10.8. The third kappa shape index (κ3) is 2.68. The third-order valence-electron chi connectivity index (χ3n) is 2.87. The van der Waals surface area contributed by atoms with Crippen molar-refractivity contribution >= 4 is 22.9 Å². The molecule has 1 unspecified atom stereocenters. The van der Waals surface area contributed by atoms with Gasteiger partial charge in [-0.15, -0.1) is 5.10 Å². The minimum atomic E-state index is -1.07. The van der Waals surface area contributed by atoms with Gasteiger partial charge in [-0.3, -0.25) is 4.79 Å². The predicted molar refractivity (Wildman–Crippen MR) is 68.5 cm³/mol. The quantitative estimate of drug-likeness (QED) is 0.691. The van der Waals surface area contributed by atoms with Crippen LogP contribution in [0.4, 0.5) is 0 Å². The smallest absolute Gasteiger partial charge is 0.326 e. The highest BCUT2D eigenvalue weighted by molar-refractivity contribution is 5.99. The lowest BCUT2D eigenvalue weighted by molar-refractivity contribution is -0.139. The van der Waals surface area contributed by atoms with E-state index < -0.39 is 17.9 Å². The molecule has 3 N–H and O–H groups in total. The molecule has 1 heterocycles. The Bertz CT molecular complexity index is 652. The molecule has 0 bridgehead atoms. The summed E-state index contributed by atoms with van der Waals surface area (Å²) in [4.78, 5) is 23.6. The minimum absolute atomic E-state index is 0.234. The van der Waals surface area contributed by atoms with E-state index in [-0.39, 0.29) is 11.1 Å². The summed E-state index contributed by atoms with van der Waals surface area (Å²) < 4.78 is 0. The van der Waals surface area contributed by atoms with Crippen molar-refractivity contribution in [3.05, 3.63) is 23.8 Å². The van der Waals surface area contributed by atoms with Crippen molar-refractivity contribution in [2.24, 2.45) is 0 Å². The average molecular weight is 278 g/mol. The monoisotopic (exact) mass is 278 g/mol. The molecule has 0 fully saturated rings. The molecule has 0 spiro atoms. The molecule has 0 aliphatic heterocycles. The van der Waals surface area contributed by atoms with Gasteiger partial charge in [-0.05, 0) is 29.8 Å². The number of carbonyl (C=O) groups is 2. The first kappa shape index (κ1) is 13.8. The number of fused-ring (bicyclic) bond motifs is 1. The van der Waals surface area contributed by atoms with Crippen LogP contribution in [-0.2, 0) is 4.79 Å². The van der Waals surface area contributed by atoms with Crippen LogP contribution in [0.2, 0.25) is 0 Å². The van der Waals surface area contributed by atoms with Crippen molar-refractivity contribution in [1.29, 1.82) is 0 Å². The van der Waals surface area contributed by atoms with Crippen LogP contribution in [0.25, 0.3) is 11.0 Å². The van der Waals surface area contributed by atoms with E-state index in [0.717, 1.165) is 0 Å². The Kier molecular flexibility index (Phi) is 3.83. The van der Waals surface area contributed by atoms with Crippen LogP contribution in [0.3, 0.4) is 0 Å². The summed E-state index contributed by atoms with van der Waals surface area (Å²) in [5.41, 5.74) is 0.949. The molecule has 0 radical (unpaired) electrons. The number of hydrogen-bond donors (Lipinski definition) is 3. The van der Waals surface area contributed by atoms with Crippen LogP contribution in [0.5, 0.6) is 0 Å². The zero-order valence-electron chi connectivity index (χ0n) is 10.8. The first-order valence-corrected chi connectivity index (χ1v) is 6.11. The largest absolute Gasteiger partial charge is 0.480 e. The molecule has 1 aromatic heterocycles. The second-order valence-corrected chi connectivity index (χ2v) is 4.34. The Morgan fingerprint density at radius 3 is 2.85 bits per heavy atom. The third-order valence-corrected chi connectivity index (χ3v) is 2.87. The molecule has 0 saturated heterocycles. The fourth-order valence-electron chi connectivity index (χ4n) is 1.84. The van der Waals surface area contributed by atoms with E-state index in [0.29, 0.717) is 23.2 Å². The number of hydrogen-bond acceptors (Lipinski definition) is 5. The Labute approximate surface area is 114 Å². The Morgan fingerprint density at radius 1 is 1.45 bits per heavy atom. The van der Waals surface area contributed by atoms with Gasteiger partial charge in [0.15, 0.2) is 0 Å². The van der Waals surface area contributed by atoms with Gasteiger partial charge in [0.05, 0.1) is 0 Å². The van der Waals surface area contributed by atoms with Gasteiger partial charge in [0.2, 0.25) is 0 Å². The second kappa shape index (κ2) is 5.55. The maximum Gasteiger partial charge on any atom is 0.326 e. The Morgan fingerprint density at radius 2 is 2.20 bits per heavy atom. The number of nitrogens with one attached hydrogen (secondary N) is 1. The molecule has 0 saturated carbocycles. The average Bonchev–Trinajstić information content (AvgIpc) is 2.79. The number of nitrogens with zero attached hydrogens (tertiary/aromatic N) is 3. The summed E-state index contributed by atoms with van der Waals surface area (Å²) >= 11 is 0. The predicted octanol–water partition coefficient (Wildman–Crippen LogP) is 0.652. The van der Waals surface area contributed by atoms with Crippen LogP contribution >= 0.6 is 0 Å². The van der Waals surface area contributed by atoms with E-state index in [4.69, 9.17) is 5.11 Å². The van der Waals surface area contributed by atoms with Gasteiger partial charge in [-0.25, -0.2) is 4.79 Å². The highest BCUT2D eigenvalue weighted by Gasteiger charge is 2.20. The van der Waals surface area contributed by atoms with Crippen LogP contribution in [0.15, 0.2) is 18.2 Å². The molecule has 0 aliphatic carbocycles. The lowest BCUT2D eigenvalue weighted by Crippen LogP contribution is -2.40. The van der Waals surface area contributed by atoms with Crippen LogP contribution < -0.4 is 5.32 Å². The standard InChI is InChI=1S/C12H14N4O4/c1-2-3-9(12(18)19)13-11(17)7-4-5-8-10(6-7)16(20)15-14-8/h4-6,9,20H,2-3H2,1H3,(H,13,17)(H,18,19). The molecule has 1 atom stereocenters. The summed E-state index contributed by atoms with van der Waals surface area (Å²) in [6.45, 7) is 1.84. The number of aromatic nitrogens is 3. The van der Waals surface area contributed by atoms with Gasteiger partial charge in [0.1, 0.15) is 17.1 Å². The molecular formula is C12H14N4O4. The molecule has 2 rings (SSSR count). The highest BCUT2D eigenvalue weighted by atomic mass is 16.5. The molecule has 2 aromatic rings. The summed E-state index contributed by atoms with van der Waals surface area (Å²) in [7, 11) is 0. The summed E-state index contributed by atoms with van der Waals surface area (Å²) in [5.74, 6) is -1.59. The van der Waals surface area contributed by atoms with Crippen molar-refractivity contribution in [3.63, 3.8) is 0 Å². The maximum atomic E-state index is 12.0. The molecule has 8 nitrogen and oxygen atoms in total. The van der Waals surface area contributed by atoms with Gasteiger partial charge in [0, 0.05) is 5.56 Å². The number of carboxylic acid groups (broad SMARTS) is 1. The lowest BCUT2D eigenvalue weighted by Gasteiger charge is -2.13. The molecular weight excluding hydrogens is 264 g/mol. The van der Waals surface area contributed by atoms with Gasteiger partial charge in [-0.1, -0.05) is 18.2 Å². The van der Waals surface area contributed by atoms with E-state index in [1.807, 2.05) is 6.92 Å². The van der Waals surface area contributed by atoms with Gasteiger partial charge < -0.3 is 15.6 Å². The number of carboxylic acids is 1. The van der Waals surface area contributed by atoms with E-state index in [9.17, 15) is 14.8 Å². The number of aliphatic carboxylic acids is 1. The normalized spacial score (nSPS) is 12.2. The Hall–Kier alpha value is -2.64. The second-order valence-electron chi connectivity index (χ2n) is 4.34. The van der Waals surface area contributed by atoms with Crippen molar-refractivity contribution in [2.45, 2.75) is 25.8 Å². The number of amides is 1. The summed E-state index contributed by atoms with van der Waals surface area (Å²) in [6, 6.07) is 3.49. The first-order chi connectivity index (χ1) is 9.52. The van der Waals surface area contributed by atoms with Crippen molar-refractivity contribution in [3.8, 4) is 0 Å². The lowest BCUT2D eigenvalue weighted by atomic mass is 10.1. The number of carbonyl (C=O) groups excluding carboxylic acids is 1. The number of benzene rings is 1. The SMILES string of the molecule is CCCC(NC(=O)c1ccc2nnn(O)c2c1)C(=O)O. The highest BCUT2D eigenvalue weighted by Crippen LogP contribution is 2.12. The molecule has 20 heavy (non-hydrogen) atoms. The molecule has 0 aliphatic rings. The molecule has 8 heteroatoms. The Balaban J connectivity index is 2.22. The van der Waals surface area contributed by atoms with E-state index in [1.54, 1.807) is 0 Å². The summed E-state index contributed by atoms with van der Waals surface area (Å²) in [5, 5.41) is 27.9. The van der Waals surface area contributed by atoms with E-state index in [1.165, 1.54) is 18.2 Å². The molecule has 1 amide bonds.